The average Bonchev–Trinajstić information content (AvgIpc) is 3.41. The van der Waals surface area contributed by atoms with Crippen LogP contribution < -0.4 is 21.1 Å². The van der Waals surface area contributed by atoms with Crippen LogP contribution in [0.1, 0.15) is 29.5 Å². The molecule has 10 heteroatoms. The molecule has 4 atom stereocenters. The number of nitrogens with one attached hydrogen (secondary N) is 1. The summed E-state index contributed by atoms with van der Waals surface area (Å²) in [7, 11) is 1.53. The molecule has 5 rings (SSSR count). The number of primary amides is 1. The standard InChI is InChI=1S/C25H25ClN4O5/c1-12-15(26)8-7-14-21(12)28-24(34)25(14)20-19(16(29-25)9-10-18(27)31)22(32)30(23(20)33)11-13-5-3-4-6-17(13)35-2/h3-8,16,19-20,29H,9-11H2,1-2H3,(H2,27,31)(H,28,34)/p+1/t16-,19+,20-,25+/m0/s1. The summed E-state index contributed by atoms with van der Waals surface area (Å²) in [5.41, 5.74) is 6.63. The van der Waals surface area contributed by atoms with E-state index in [1.807, 2.05) is 12.1 Å². The Morgan fingerprint density at radius 1 is 1.20 bits per heavy atom. The first-order valence-corrected chi connectivity index (χ1v) is 11.8. The maximum absolute atomic E-state index is 13.9. The zero-order valence-corrected chi connectivity index (χ0v) is 20.1. The number of carbonyl (C=O) groups excluding carboxylic acids is 4. The molecule has 5 N–H and O–H groups in total. The summed E-state index contributed by atoms with van der Waals surface area (Å²) < 4.78 is 5.40. The van der Waals surface area contributed by atoms with Crippen LogP contribution in [-0.4, -0.2) is 41.7 Å². The maximum atomic E-state index is 13.9. The Bertz CT molecular complexity index is 1280. The van der Waals surface area contributed by atoms with Gasteiger partial charge in [-0.25, -0.2) is 0 Å². The van der Waals surface area contributed by atoms with Gasteiger partial charge in [0, 0.05) is 29.0 Å². The van der Waals surface area contributed by atoms with E-state index in [0.29, 0.717) is 33.1 Å². The number of ether oxygens (including phenoxy) is 1. The number of fused-ring (bicyclic) bond motifs is 4. The summed E-state index contributed by atoms with van der Waals surface area (Å²) in [6, 6.07) is 10.1. The van der Waals surface area contributed by atoms with Crippen molar-refractivity contribution in [2.75, 3.05) is 12.4 Å². The van der Waals surface area contributed by atoms with Crippen LogP contribution in [0.4, 0.5) is 5.69 Å². The first-order valence-electron chi connectivity index (χ1n) is 11.4. The van der Waals surface area contributed by atoms with Gasteiger partial charge in [0.25, 0.3) is 5.91 Å². The van der Waals surface area contributed by atoms with Crippen LogP contribution in [0.15, 0.2) is 36.4 Å². The Balaban J connectivity index is 1.60. The lowest BCUT2D eigenvalue weighted by Gasteiger charge is -2.26. The number of halogens is 1. The van der Waals surface area contributed by atoms with E-state index in [1.165, 1.54) is 12.0 Å². The third-order valence-corrected chi connectivity index (χ3v) is 7.98. The Labute approximate surface area is 206 Å². The highest BCUT2D eigenvalue weighted by Gasteiger charge is 2.74. The van der Waals surface area contributed by atoms with E-state index in [-0.39, 0.29) is 31.2 Å². The molecule has 2 aromatic carbocycles. The number of hydrogen-bond acceptors (Lipinski definition) is 5. The summed E-state index contributed by atoms with van der Waals surface area (Å²) in [5.74, 6) is -2.79. The molecule has 2 saturated heterocycles. The highest BCUT2D eigenvalue weighted by Crippen LogP contribution is 2.51. The van der Waals surface area contributed by atoms with Crippen LogP contribution in [0, 0.1) is 18.8 Å². The molecule has 0 bridgehead atoms. The van der Waals surface area contributed by atoms with Gasteiger partial charge in [0.2, 0.25) is 23.3 Å². The largest absolute Gasteiger partial charge is 0.496 e. The molecular weight excluding hydrogens is 472 g/mol. The zero-order chi connectivity index (χ0) is 25.1. The molecule has 0 aromatic heterocycles. The molecule has 0 saturated carbocycles. The van der Waals surface area contributed by atoms with Crippen LogP contribution in [0.5, 0.6) is 5.75 Å². The SMILES string of the molecule is COc1ccccc1CN1C(=O)[C@@H]2[C@H](CCC(N)=O)[NH2+][C@@]3(C(=O)Nc4c3ccc(Cl)c4C)[C@@H]2C1=O. The van der Waals surface area contributed by atoms with Crippen molar-refractivity contribution < 1.29 is 29.2 Å². The topological polar surface area (TPSA) is 135 Å². The Morgan fingerprint density at radius 3 is 2.66 bits per heavy atom. The van der Waals surface area contributed by atoms with Crippen molar-refractivity contribution in [2.45, 2.75) is 37.9 Å². The third kappa shape index (κ3) is 3.33. The predicted octanol–water partition coefficient (Wildman–Crippen LogP) is 0.817. The lowest BCUT2D eigenvalue weighted by atomic mass is 9.76. The van der Waals surface area contributed by atoms with E-state index < -0.39 is 35.2 Å². The first kappa shape index (κ1) is 23.3. The van der Waals surface area contributed by atoms with E-state index in [4.69, 9.17) is 22.1 Å². The minimum atomic E-state index is -1.33. The Morgan fingerprint density at radius 2 is 1.94 bits per heavy atom. The van der Waals surface area contributed by atoms with Crippen molar-refractivity contribution in [2.24, 2.45) is 17.6 Å². The molecule has 1 spiro atoms. The summed E-state index contributed by atoms with van der Waals surface area (Å²) in [6.45, 7) is 1.83. The number of nitrogens with two attached hydrogens (primary N) is 2. The molecule has 3 aliphatic heterocycles. The molecule has 3 aliphatic rings. The minimum absolute atomic E-state index is 0.0292. The lowest BCUT2D eigenvalue weighted by Crippen LogP contribution is -2.99. The van der Waals surface area contributed by atoms with Gasteiger partial charge in [-0.2, -0.15) is 0 Å². The molecule has 2 aromatic rings. The smallest absolute Gasteiger partial charge is 0.291 e. The van der Waals surface area contributed by atoms with E-state index in [9.17, 15) is 19.2 Å². The number of methoxy groups -OCH3 is 1. The number of amides is 4. The zero-order valence-electron chi connectivity index (χ0n) is 19.3. The fourth-order valence-corrected chi connectivity index (χ4v) is 6.10. The second kappa shape index (κ2) is 8.35. The van der Waals surface area contributed by atoms with Gasteiger partial charge in [0.15, 0.2) is 0 Å². The van der Waals surface area contributed by atoms with Crippen molar-refractivity contribution in [3.05, 3.63) is 58.1 Å². The second-order valence-electron chi connectivity index (χ2n) is 9.33. The number of anilines is 1. The summed E-state index contributed by atoms with van der Waals surface area (Å²) in [5, 5.41) is 5.19. The summed E-state index contributed by atoms with van der Waals surface area (Å²) in [4.78, 5) is 54.0. The van der Waals surface area contributed by atoms with Gasteiger partial charge in [-0.1, -0.05) is 29.8 Å². The van der Waals surface area contributed by atoms with E-state index in [0.717, 1.165) is 0 Å². The normalized spacial score (nSPS) is 26.8. The fraction of sp³-hybridized carbons (Fsp3) is 0.360. The van der Waals surface area contributed by atoms with Crippen molar-refractivity contribution in [1.29, 1.82) is 0 Å². The lowest BCUT2D eigenvalue weighted by molar-refractivity contribution is -0.734. The van der Waals surface area contributed by atoms with E-state index in [1.54, 1.807) is 36.5 Å². The third-order valence-electron chi connectivity index (χ3n) is 7.58. The van der Waals surface area contributed by atoms with Gasteiger partial charge in [-0.15, -0.1) is 0 Å². The van der Waals surface area contributed by atoms with Crippen molar-refractivity contribution in [3.8, 4) is 5.75 Å². The van der Waals surface area contributed by atoms with Crippen LogP contribution in [0.2, 0.25) is 5.02 Å². The van der Waals surface area contributed by atoms with E-state index in [2.05, 4.69) is 5.32 Å². The minimum Gasteiger partial charge on any atom is -0.496 e. The Kier molecular flexibility index (Phi) is 5.56. The van der Waals surface area contributed by atoms with Gasteiger partial charge in [-0.3, -0.25) is 24.1 Å². The number of likely N-dealkylation sites (tertiary alicyclic amines) is 1. The molecule has 182 valence electrons. The molecule has 2 fully saturated rings. The summed E-state index contributed by atoms with van der Waals surface area (Å²) >= 11 is 6.30. The van der Waals surface area contributed by atoms with Crippen molar-refractivity contribution >= 4 is 40.9 Å². The number of rotatable bonds is 6. The molecule has 3 heterocycles. The second-order valence-corrected chi connectivity index (χ2v) is 9.74. The van der Waals surface area contributed by atoms with Crippen LogP contribution in [0.25, 0.3) is 0 Å². The molecular formula is C25H26ClN4O5+. The van der Waals surface area contributed by atoms with Crippen LogP contribution >= 0.6 is 11.6 Å². The van der Waals surface area contributed by atoms with Gasteiger partial charge >= 0.3 is 0 Å². The molecule has 0 unspecified atom stereocenters. The molecule has 0 radical (unpaired) electrons. The Hall–Kier alpha value is -3.43. The van der Waals surface area contributed by atoms with Gasteiger partial charge in [0.1, 0.15) is 23.6 Å². The maximum Gasteiger partial charge on any atom is 0.291 e. The van der Waals surface area contributed by atoms with Crippen LogP contribution in [-0.2, 0) is 31.3 Å². The van der Waals surface area contributed by atoms with Crippen LogP contribution in [0.3, 0.4) is 0 Å². The number of nitrogens with zero attached hydrogens (tertiary/aromatic N) is 1. The number of benzene rings is 2. The number of hydrogen-bond donors (Lipinski definition) is 3. The predicted molar refractivity (Wildman–Crippen MR) is 126 cm³/mol. The van der Waals surface area contributed by atoms with Gasteiger partial charge in [-0.05, 0) is 30.7 Å². The quantitative estimate of drug-likeness (QED) is 0.508. The van der Waals surface area contributed by atoms with Gasteiger partial charge < -0.3 is 21.1 Å². The van der Waals surface area contributed by atoms with Crippen molar-refractivity contribution in [3.63, 3.8) is 0 Å². The number of para-hydroxylation sites is 1. The molecule has 0 aliphatic carbocycles. The number of carbonyl (C=O) groups is 4. The van der Waals surface area contributed by atoms with Crippen molar-refractivity contribution in [1.82, 2.24) is 4.90 Å². The number of quaternary nitrogens is 1. The molecule has 4 amide bonds. The first-order chi connectivity index (χ1) is 16.7. The highest BCUT2D eigenvalue weighted by molar-refractivity contribution is 6.32. The average molecular weight is 498 g/mol. The van der Waals surface area contributed by atoms with E-state index >= 15 is 0 Å². The number of imide groups is 1. The monoisotopic (exact) mass is 497 g/mol. The van der Waals surface area contributed by atoms with Gasteiger partial charge in [0.05, 0.1) is 19.3 Å². The highest BCUT2D eigenvalue weighted by atomic mass is 35.5. The summed E-state index contributed by atoms with van der Waals surface area (Å²) in [6.07, 6.45) is 0.317. The molecule has 9 nitrogen and oxygen atoms in total. The molecule has 35 heavy (non-hydrogen) atoms. The fourth-order valence-electron chi connectivity index (χ4n) is 5.94.